The topological polar surface area (TPSA) is 0 Å². The summed E-state index contributed by atoms with van der Waals surface area (Å²) in [6.07, 6.45) is 35.4. The Hall–Kier alpha value is -0.627. The van der Waals surface area contributed by atoms with Gasteiger partial charge < -0.3 is 79.5 Å². The monoisotopic (exact) mass is 1370 g/mol. The third kappa shape index (κ3) is 54.6. The van der Waals surface area contributed by atoms with Gasteiger partial charge in [0.05, 0.1) is 48.4 Å². The van der Waals surface area contributed by atoms with Gasteiger partial charge in [0.2, 0.25) is 0 Å². The van der Waals surface area contributed by atoms with Gasteiger partial charge in [0, 0.05) is 16.1 Å². The zero-order valence-corrected chi connectivity index (χ0v) is 66.9. The van der Waals surface area contributed by atoms with Crippen LogP contribution in [0.15, 0.2) is 131 Å². The number of rotatable bonds is 5. The molecule has 1 aliphatic rings. The zero-order valence-electron chi connectivity index (χ0n) is 52.3. The molecule has 0 heterocycles. The summed E-state index contributed by atoms with van der Waals surface area (Å²) in [4.78, 5) is 1.74. The summed E-state index contributed by atoms with van der Waals surface area (Å²) in [7, 11) is -8.78. The molecule has 0 bridgehead atoms. The predicted molar refractivity (Wildman–Crippen MR) is 364 cm³/mol. The van der Waals surface area contributed by atoms with E-state index in [2.05, 4.69) is 278 Å². The summed E-state index contributed by atoms with van der Waals surface area (Å²) in [6, 6.07) is 41.9. The Balaban J connectivity index is -0.000000147. The molecule has 0 spiro atoms. The molecular formula is C64H96Cu2S2Si8Ti2. The van der Waals surface area contributed by atoms with E-state index in [0.29, 0.717) is 0 Å². The molecule has 5 aromatic rings. The van der Waals surface area contributed by atoms with Crippen molar-refractivity contribution < 1.29 is 77.6 Å². The summed E-state index contributed by atoms with van der Waals surface area (Å²) >= 11 is 10.1. The van der Waals surface area contributed by atoms with Crippen molar-refractivity contribution in [3.63, 3.8) is 0 Å². The largest absolute Gasteiger partial charge is 4.00 e. The fraction of sp³-hybridized carbons (Fsp3) is 0.375. The molecule has 0 nitrogen and oxygen atoms in total. The van der Waals surface area contributed by atoms with Gasteiger partial charge in [-0.15, -0.1) is 0 Å². The van der Waals surface area contributed by atoms with Gasteiger partial charge in [-0.1, -0.05) is 219 Å². The molecule has 0 aliphatic heterocycles. The minimum absolute atomic E-state index is 0. The summed E-state index contributed by atoms with van der Waals surface area (Å²) in [6.45, 7) is 53.4. The van der Waals surface area contributed by atoms with E-state index in [4.69, 9.17) is 51.0 Å². The van der Waals surface area contributed by atoms with Crippen LogP contribution in [0, 0.1) is 79.1 Å². The van der Waals surface area contributed by atoms with E-state index in [1.807, 2.05) is 48.5 Å². The molecule has 0 saturated heterocycles. The Morgan fingerprint density at radius 1 is 0.397 bits per heavy atom. The van der Waals surface area contributed by atoms with Crippen LogP contribution in [0.2, 0.25) is 157 Å². The van der Waals surface area contributed by atoms with Gasteiger partial charge in [-0.2, -0.15) is 74.6 Å². The first kappa shape index (κ1) is 91.1. The van der Waals surface area contributed by atoms with Crippen LogP contribution in [0.5, 0.6) is 0 Å². The van der Waals surface area contributed by atoms with Gasteiger partial charge in [-0.25, -0.2) is 35.5 Å². The summed E-state index contributed by atoms with van der Waals surface area (Å²) in [5, 5.41) is 4.67. The molecule has 0 amide bonds. The molecule has 5 aromatic carbocycles. The number of hydrogen-bond acceptors (Lipinski definition) is 2. The smallest absolute Gasteiger partial charge is 0.780 e. The minimum atomic E-state index is -1.21. The molecule has 426 valence electrons. The van der Waals surface area contributed by atoms with E-state index >= 15 is 0 Å². The van der Waals surface area contributed by atoms with E-state index in [1.54, 1.807) is 21.1 Å². The first-order chi connectivity index (χ1) is 33.4. The van der Waals surface area contributed by atoms with Crippen molar-refractivity contribution >= 4 is 105 Å². The summed E-state index contributed by atoms with van der Waals surface area (Å²) in [5.41, 5.74) is 13.9. The number of benzene rings is 2. The van der Waals surface area contributed by atoms with Gasteiger partial charge in [-0.3, -0.25) is 0 Å². The van der Waals surface area contributed by atoms with Gasteiger partial charge in [-0.05, 0) is 11.1 Å². The first-order valence-electron chi connectivity index (χ1n) is 25.6. The molecule has 1 aliphatic carbocycles. The third-order valence-corrected chi connectivity index (χ3v) is 21.5. The van der Waals surface area contributed by atoms with Crippen LogP contribution >= 0.6 is 0 Å². The molecule has 78 heavy (non-hydrogen) atoms. The van der Waals surface area contributed by atoms with Gasteiger partial charge in [0.25, 0.3) is 0 Å². The SMILES string of the molecule is C[Si](C)(C)[C]1[CH][CH][CH][CH-]1.C[Si](C)(C)c1cc[cH-]c1.C[Si](C)(C)c1ccc[cH-]1.C[Si](C)(C)c1ccc[cH-]1.[C-]#C[Si](C)(C)C.[C-]#C[Si](C)(C)C.[C-]#C[Si](C)(C)C.[C-]#C[Si](C)(C)C.[Cu+].[Cu+].[S-]c1ccc(-c2ccc([S-])cc2)cc1.[Ti+4].[Ti+4]. The van der Waals surface area contributed by atoms with Crippen LogP contribution < -0.4 is 15.6 Å². The van der Waals surface area contributed by atoms with Crippen molar-refractivity contribution in [2.45, 2.75) is 167 Å². The summed E-state index contributed by atoms with van der Waals surface area (Å²) in [5.74, 6) is 0. The molecule has 14 heteroatoms. The van der Waals surface area contributed by atoms with E-state index in [0.717, 1.165) is 9.79 Å². The van der Waals surface area contributed by atoms with E-state index in [9.17, 15) is 0 Å². The van der Waals surface area contributed by atoms with Crippen LogP contribution in [-0.4, -0.2) is 64.6 Å². The van der Waals surface area contributed by atoms with E-state index in [-0.39, 0.29) is 77.6 Å². The van der Waals surface area contributed by atoms with E-state index < -0.39 is 64.6 Å². The van der Waals surface area contributed by atoms with E-state index in [1.165, 1.54) is 11.1 Å². The van der Waals surface area contributed by atoms with Crippen LogP contribution in [0.25, 0.3) is 11.1 Å². The maximum Gasteiger partial charge on any atom is 4.00 e. The minimum Gasteiger partial charge on any atom is -0.780 e. The third-order valence-electron chi connectivity index (χ3n) is 9.66. The molecule has 4 radical (unpaired) electrons. The van der Waals surface area contributed by atoms with Gasteiger partial charge >= 0.3 is 77.6 Å². The van der Waals surface area contributed by atoms with Crippen molar-refractivity contribution in [1.82, 2.24) is 0 Å². The standard InChI is InChI=1S/C12H10S2.4C8H13Si.4C5H9Si.2Cu.2Ti/c13-11-5-1-9(2-6-11)10-3-7-12(14)8-4-10;4*1-9(2,3)8-6-4-5-7-8;4*1-5-6(2,3)4;;;;/h1-8,13-14H;4*4-7H,1-3H3;4*2-4H3;;;;/q;8*-1;2*+1;2*+4/p-2. The van der Waals surface area contributed by atoms with Crippen LogP contribution in [-0.2, 0) is 103 Å². The Morgan fingerprint density at radius 3 is 0.821 bits per heavy atom. The Morgan fingerprint density at radius 2 is 0.692 bits per heavy atom. The van der Waals surface area contributed by atoms with Crippen LogP contribution in [0.1, 0.15) is 0 Å². The maximum absolute atomic E-state index is 6.67. The molecule has 1 fully saturated rings. The normalized spacial score (nSPS) is 11.7. The quantitative estimate of drug-likeness (QED) is 0.0744. The zero-order chi connectivity index (χ0) is 58.4. The molecule has 1 saturated carbocycles. The van der Waals surface area contributed by atoms with Crippen molar-refractivity contribution in [2.24, 2.45) is 0 Å². The van der Waals surface area contributed by atoms with Crippen LogP contribution in [0.4, 0.5) is 0 Å². The maximum atomic E-state index is 6.67. The second-order valence-electron chi connectivity index (χ2n) is 26.2. The van der Waals surface area contributed by atoms with Crippen molar-refractivity contribution in [3.8, 4) is 33.3 Å². The predicted octanol–water partition coefficient (Wildman–Crippen LogP) is 17.1. The van der Waals surface area contributed by atoms with Crippen molar-refractivity contribution in [3.05, 3.63) is 178 Å². The van der Waals surface area contributed by atoms with Crippen molar-refractivity contribution in [2.75, 3.05) is 0 Å². The van der Waals surface area contributed by atoms with Gasteiger partial charge in [0.1, 0.15) is 0 Å². The fourth-order valence-electron chi connectivity index (χ4n) is 4.79. The average molecular weight is 1380 g/mol. The number of hydrogen-bond donors (Lipinski definition) is 0. The molecule has 0 N–H and O–H groups in total. The van der Waals surface area contributed by atoms with Crippen molar-refractivity contribution in [1.29, 1.82) is 0 Å². The van der Waals surface area contributed by atoms with Crippen LogP contribution in [0.3, 0.4) is 0 Å². The first-order valence-corrected chi connectivity index (χ1v) is 54.4. The van der Waals surface area contributed by atoms with Gasteiger partial charge in [0.15, 0.2) is 0 Å². The molecule has 0 unspecified atom stereocenters. The fourth-order valence-corrected chi connectivity index (χ4v) is 9.83. The Kier molecular flexibility index (Phi) is 51.3. The molecule has 6 rings (SSSR count). The molecule has 0 atom stereocenters. The summed E-state index contributed by atoms with van der Waals surface area (Å²) < 4.78 is 0. The molecular weight excluding hydrogens is 1280 g/mol. The Labute approximate surface area is 555 Å². The second-order valence-corrected chi connectivity index (χ2v) is 66.5. The average Bonchev–Trinajstić information content (AvgIpc) is 4.13. The second kappa shape index (κ2) is 43.9. The molecule has 0 aromatic heterocycles. The Bertz CT molecular complexity index is 2100.